The fourth-order valence-electron chi connectivity index (χ4n) is 2.17. The van der Waals surface area contributed by atoms with Gasteiger partial charge in [-0.3, -0.25) is 0 Å². The molecule has 0 spiro atoms. The van der Waals surface area contributed by atoms with Crippen molar-refractivity contribution in [1.82, 2.24) is 0 Å². The maximum absolute atomic E-state index is 13.0. The van der Waals surface area contributed by atoms with Crippen molar-refractivity contribution in [3.63, 3.8) is 0 Å². The largest absolute Gasteiger partial charge is 0.327 e. The molecular weight excluding hydrogens is 248 g/mol. The standard InChI is InChI=1S/C11H13F2NO2S/c12-8-5-4-7(6-9(8)13)17(15,16)11-3-1-2-10(11)14/h4-6,10-11H,1-3,14H2. The van der Waals surface area contributed by atoms with Crippen LogP contribution in [0.3, 0.4) is 0 Å². The first kappa shape index (κ1) is 12.4. The van der Waals surface area contributed by atoms with Gasteiger partial charge in [0.25, 0.3) is 0 Å². The van der Waals surface area contributed by atoms with Gasteiger partial charge in [0.1, 0.15) is 0 Å². The van der Waals surface area contributed by atoms with E-state index in [9.17, 15) is 17.2 Å². The van der Waals surface area contributed by atoms with Crippen LogP contribution in [0.1, 0.15) is 19.3 Å². The van der Waals surface area contributed by atoms with Gasteiger partial charge in [-0.05, 0) is 31.0 Å². The van der Waals surface area contributed by atoms with Gasteiger partial charge in [0.05, 0.1) is 10.1 Å². The van der Waals surface area contributed by atoms with Gasteiger partial charge in [-0.25, -0.2) is 17.2 Å². The van der Waals surface area contributed by atoms with E-state index in [1.54, 1.807) is 0 Å². The quantitative estimate of drug-likeness (QED) is 0.823. The summed E-state index contributed by atoms with van der Waals surface area (Å²) in [5.74, 6) is -2.21. The zero-order valence-electron chi connectivity index (χ0n) is 9.07. The van der Waals surface area contributed by atoms with Crippen LogP contribution in [0.25, 0.3) is 0 Å². The summed E-state index contributed by atoms with van der Waals surface area (Å²) >= 11 is 0. The Bertz CT molecular complexity index is 530. The lowest BCUT2D eigenvalue weighted by atomic mass is 10.3. The predicted molar refractivity (Wildman–Crippen MR) is 59.2 cm³/mol. The number of benzene rings is 1. The molecule has 94 valence electrons. The van der Waals surface area contributed by atoms with Crippen molar-refractivity contribution in [1.29, 1.82) is 0 Å². The maximum atomic E-state index is 13.0. The van der Waals surface area contributed by atoms with Gasteiger partial charge in [0.2, 0.25) is 0 Å². The van der Waals surface area contributed by atoms with Crippen molar-refractivity contribution in [2.75, 3.05) is 0 Å². The number of halogens is 2. The number of rotatable bonds is 2. The molecule has 0 aliphatic heterocycles. The van der Waals surface area contributed by atoms with Crippen LogP contribution in [-0.2, 0) is 9.84 Å². The molecule has 17 heavy (non-hydrogen) atoms. The van der Waals surface area contributed by atoms with Crippen LogP contribution in [0.4, 0.5) is 8.78 Å². The van der Waals surface area contributed by atoms with E-state index in [2.05, 4.69) is 0 Å². The van der Waals surface area contributed by atoms with E-state index < -0.39 is 32.8 Å². The summed E-state index contributed by atoms with van der Waals surface area (Å²) in [5.41, 5.74) is 5.72. The summed E-state index contributed by atoms with van der Waals surface area (Å²) < 4.78 is 50.0. The third-order valence-electron chi connectivity index (χ3n) is 3.12. The van der Waals surface area contributed by atoms with Crippen LogP contribution in [0.2, 0.25) is 0 Å². The van der Waals surface area contributed by atoms with Crippen molar-refractivity contribution in [2.45, 2.75) is 35.4 Å². The minimum absolute atomic E-state index is 0.196. The van der Waals surface area contributed by atoms with E-state index in [4.69, 9.17) is 5.73 Å². The fraction of sp³-hybridized carbons (Fsp3) is 0.455. The maximum Gasteiger partial charge on any atom is 0.182 e. The van der Waals surface area contributed by atoms with Gasteiger partial charge in [0, 0.05) is 6.04 Å². The van der Waals surface area contributed by atoms with Crippen LogP contribution in [0, 0.1) is 11.6 Å². The summed E-state index contributed by atoms with van der Waals surface area (Å²) in [6.45, 7) is 0. The van der Waals surface area contributed by atoms with E-state index in [0.717, 1.165) is 24.6 Å². The Morgan fingerprint density at radius 1 is 1.18 bits per heavy atom. The molecule has 0 heterocycles. The number of nitrogens with two attached hydrogens (primary N) is 1. The van der Waals surface area contributed by atoms with Crippen molar-refractivity contribution in [3.8, 4) is 0 Å². The molecule has 2 N–H and O–H groups in total. The molecule has 0 amide bonds. The molecule has 0 bridgehead atoms. The second-order valence-corrected chi connectivity index (χ2v) is 6.42. The molecule has 2 rings (SSSR count). The zero-order chi connectivity index (χ0) is 12.6. The molecule has 0 saturated heterocycles. The highest BCUT2D eigenvalue weighted by atomic mass is 32.2. The van der Waals surface area contributed by atoms with Crippen LogP contribution in [0.5, 0.6) is 0 Å². The second-order valence-electron chi connectivity index (χ2n) is 4.25. The summed E-state index contributed by atoms with van der Waals surface area (Å²) in [6, 6.07) is 2.20. The van der Waals surface area contributed by atoms with E-state index in [1.807, 2.05) is 0 Å². The van der Waals surface area contributed by atoms with Crippen LogP contribution >= 0.6 is 0 Å². The van der Waals surface area contributed by atoms with Crippen LogP contribution in [-0.4, -0.2) is 19.7 Å². The Labute approximate surface area is 98.5 Å². The third-order valence-corrected chi connectivity index (χ3v) is 5.42. The van der Waals surface area contributed by atoms with Crippen LogP contribution < -0.4 is 5.73 Å². The molecule has 2 unspecified atom stereocenters. The Balaban J connectivity index is 2.41. The molecule has 0 aromatic heterocycles. The first-order chi connectivity index (χ1) is 7.93. The summed E-state index contributed by atoms with van der Waals surface area (Å²) in [6.07, 6.45) is 1.87. The van der Waals surface area contributed by atoms with Crippen molar-refractivity contribution in [2.24, 2.45) is 5.73 Å². The number of hydrogen-bond donors (Lipinski definition) is 1. The monoisotopic (exact) mass is 261 g/mol. The van der Waals surface area contributed by atoms with Gasteiger partial charge in [-0.2, -0.15) is 0 Å². The van der Waals surface area contributed by atoms with Gasteiger partial charge in [0.15, 0.2) is 21.5 Å². The summed E-state index contributed by atoms with van der Waals surface area (Å²) in [4.78, 5) is -0.196. The lowest BCUT2D eigenvalue weighted by Crippen LogP contribution is -2.35. The molecule has 2 atom stereocenters. The van der Waals surface area contributed by atoms with E-state index in [0.29, 0.717) is 12.8 Å². The third kappa shape index (κ3) is 2.19. The van der Waals surface area contributed by atoms with E-state index >= 15 is 0 Å². The fourth-order valence-corrected chi connectivity index (χ4v) is 4.12. The molecule has 6 heteroatoms. The summed E-state index contributed by atoms with van der Waals surface area (Å²) in [7, 11) is -3.66. The molecule has 1 aromatic carbocycles. The molecule has 1 saturated carbocycles. The SMILES string of the molecule is NC1CCCC1S(=O)(=O)c1ccc(F)c(F)c1. The predicted octanol–water partition coefficient (Wildman–Crippen LogP) is 1.62. The van der Waals surface area contributed by atoms with Crippen molar-refractivity contribution >= 4 is 9.84 Å². The average Bonchev–Trinajstić information content (AvgIpc) is 2.69. The Hall–Kier alpha value is -1.01. The number of hydrogen-bond acceptors (Lipinski definition) is 3. The lowest BCUT2D eigenvalue weighted by Gasteiger charge is -2.16. The van der Waals surface area contributed by atoms with E-state index in [-0.39, 0.29) is 4.90 Å². The molecule has 1 aliphatic carbocycles. The Morgan fingerprint density at radius 2 is 1.88 bits per heavy atom. The van der Waals surface area contributed by atoms with Gasteiger partial charge < -0.3 is 5.73 Å². The highest BCUT2D eigenvalue weighted by Crippen LogP contribution is 2.29. The van der Waals surface area contributed by atoms with Gasteiger partial charge in [-0.1, -0.05) is 6.42 Å². The van der Waals surface area contributed by atoms with Gasteiger partial charge in [-0.15, -0.1) is 0 Å². The lowest BCUT2D eigenvalue weighted by molar-refractivity contribution is 0.503. The molecule has 0 radical (unpaired) electrons. The molecule has 1 aliphatic rings. The topological polar surface area (TPSA) is 60.2 Å². The first-order valence-electron chi connectivity index (χ1n) is 5.37. The molecule has 1 fully saturated rings. The summed E-state index contributed by atoms with van der Waals surface area (Å²) in [5, 5.41) is -0.688. The molecule has 3 nitrogen and oxygen atoms in total. The average molecular weight is 261 g/mol. The second kappa shape index (κ2) is 4.34. The van der Waals surface area contributed by atoms with Gasteiger partial charge >= 0.3 is 0 Å². The normalized spacial score (nSPS) is 25.1. The Kier molecular flexibility index (Phi) is 3.18. The van der Waals surface area contributed by atoms with Crippen molar-refractivity contribution < 1.29 is 17.2 Å². The smallest absolute Gasteiger partial charge is 0.182 e. The molecular formula is C11H13F2NO2S. The highest BCUT2D eigenvalue weighted by molar-refractivity contribution is 7.92. The first-order valence-corrected chi connectivity index (χ1v) is 6.92. The highest BCUT2D eigenvalue weighted by Gasteiger charge is 2.36. The minimum Gasteiger partial charge on any atom is -0.327 e. The molecule has 1 aromatic rings. The van der Waals surface area contributed by atoms with Crippen molar-refractivity contribution in [3.05, 3.63) is 29.8 Å². The Morgan fingerprint density at radius 3 is 2.41 bits per heavy atom. The zero-order valence-corrected chi connectivity index (χ0v) is 9.88. The number of sulfone groups is 1. The van der Waals surface area contributed by atoms with E-state index in [1.165, 1.54) is 0 Å². The minimum atomic E-state index is -3.66. The van der Waals surface area contributed by atoms with Crippen LogP contribution in [0.15, 0.2) is 23.1 Å².